The molecule has 2 fully saturated rings. The van der Waals surface area contributed by atoms with Gasteiger partial charge >= 0.3 is 0 Å². The lowest BCUT2D eigenvalue weighted by molar-refractivity contribution is -0.121. The molecule has 2 aliphatic rings. The number of ether oxygens (including phenoxy) is 1. The SMILES string of the molecule is C=CCNCC(=O)NC1CCOC1C1CC1. The zero-order valence-electron chi connectivity index (χ0n) is 9.58. The van der Waals surface area contributed by atoms with E-state index < -0.39 is 0 Å². The largest absolute Gasteiger partial charge is 0.376 e. The van der Waals surface area contributed by atoms with E-state index in [2.05, 4.69) is 17.2 Å². The van der Waals surface area contributed by atoms with Crippen LogP contribution in [0.4, 0.5) is 0 Å². The molecule has 1 heterocycles. The Bertz CT molecular complexity index is 264. The lowest BCUT2D eigenvalue weighted by Crippen LogP contribution is -2.45. The van der Waals surface area contributed by atoms with E-state index in [4.69, 9.17) is 4.74 Å². The van der Waals surface area contributed by atoms with Crippen molar-refractivity contribution in [3.05, 3.63) is 12.7 Å². The Balaban J connectivity index is 1.70. The van der Waals surface area contributed by atoms with Crippen LogP contribution in [0, 0.1) is 5.92 Å². The molecule has 1 saturated heterocycles. The third-order valence-electron chi connectivity index (χ3n) is 3.14. The van der Waals surface area contributed by atoms with E-state index in [0.717, 1.165) is 13.0 Å². The van der Waals surface area contributed by atoms with Crippen LogP contribution in [0.2, 0.25) is 0 Å². The molecule has 0 spiro atoms. The fraction of sp³-hybridized carbons (Fsp3) is 0.750. The van der Waals surface area contributed by atoms with Gasteiger partial charge in [-0.15, -0.1) is 6.58 Å². The van der Waals surface area contributed by atoms with Gasteiger partial charge in [-0.1, -0.05) is 6.08 Å². The highest BCUT2D eigenvalue weighted by atomic mass is 16.5. The molecular formula is C12H20N2O2. The topological polar surface area (TPSA) is 50.4 Å². The fourth-order valence-corrected chi connectivity index (χ4v) is 2.20. The molecule has 2 rings (SSSR count). The first kappa shape index (κ1) is 11.6. The Labute approximate surface area is 96.4 Å². The molecule has 1 saturated carbocycles. The average Bonchev–Trinajstić information content (AvgIpc) is 3.01. The van der Waals surface area contributed by atoms with E-state index in [-0.39, 0.29) is 18.1 Å². The van der Waals surface area contributed by atoms with Gasteiger partial charge in [0.25, 0.3) is 0 Å². The van der Waals surface area contributed by atoms with E-state index in [1.165, 1.54) is 12.8 Å². The first-order chi connectivity index (χ1) is 7.81. The molecule has 16 heavy (non-hydrogen) atoms. The molecule has 90 valence electrons. The highest BCUT2D eigenvalue weighted by Crippen LogP contribution is 2.38. The Morgan fingerprint density at radius 3 is 2.94 bits per heavy atom. The summed E-state index contributed by atoms with van der Waals surface area (Å²) in [4.78, 5) is 11.6. The summed E-state index contributed by atoms with van der Waals surface area (Å²) in [6.07, 6.45) is 5.48. The molecule has 1 aliphatic carbocycles. The number of hydrogen-bond donors (Lipinski definition) is 2. The van der Waals surface area contributed by atoms with Gasteiger partial charge in [0.15, 0.2) is 0 Å². The van der Waals surface area contributed by atoms with E-state index >= 15 is 0 Å². The number of nitrogens with one attached hydrogen (secondary N) is 2. The van der Waals surface area contributed by atoms with Gasteiger partial charge in [-0.05, 0) is 25.2 Å². The monoisotopic (exact) mass is 224 g/mol. The lowest BCUT2D eigenvalue weighted by atomic mass is 10.1. The summed E-state index contributed by atoms with van der Waals surface area (Å²) in [5.74, 6) is 0.747. The van der Waals surface area contributed by atoms with Crippen molar-refractivity contribution in [3.63, 3.8) is 0 Å². The summed E-state index contributed by atoms with van der Waals surface area (Å²) in [6.45, 7) is 5.40. The molecule has 1 aliphatic heterocycles. The average molecular weight is 224 g/mol. The second-order valence-electron chi connectivity index (χ2n) is 4.56. The van der Waals surface area contributed by atoms with Crippen molar-refractivity contribution in [3.8, 4) is 0 Å². The van der Waals surface area contributed by atoms with Crippen LogP contribution in [0.3, 0.4) is 0 Å². The molecule has 0 radical (unpaired) electrons. The first-order valence-corrected chi connectivity index (χ1v) is 6.04. The van der Waals surface area contributed by atoms with Gasteiger partial charge in [0, 0.05) is 13.2 Å². The minimum absolute atomic E-state index is 0.0583. The van der Waals surface area contributed by atoms with E-state index in [9.17, 15) is 4.79 Å². The molecule has 2 atom stereocenters. The molecule has 4 heteroatoms. The zero-order chi connectivity index (χ0) is 11.4. The van der Waals surface area contributed by atoms with Crippen LogP contribution in [0.1, 0.15) is 19.3 Å². The van der Waals surface area contributed by atoms with Crippen LogP contribution in [-0.2, 0) is 9.53 Å². The summed E-state index contributed by atoms with van der Waals surface area (Å²) < 4.78 is 5.66. The molecule has 0 aromatic carbocycles. The van der Waals surface area contributed by atoms with Gasteiger partial charge in [-0.2, -0.15) is 0 Å². The van der Waals surface area contributed by atoms with Gasteiger partial charge in [-0.25, -0.2) is 0 Å². The van der Waals surface area contributed by atoms with Crippen molar-refractivity contribution in [1.29, 1.82) is 0 Å². The van der Waals surface area contributed by atoms with Crippen molar-refractivity contribution in [2.24, 2.45) is 5.92 Å². The number of amides is 1. The van der Waals surface area contributed by atoms with Crippen LogP contribution >= 0.6 is 0 Å². The molecule has 0 bridgehead atoms. The van der Waals surface area contributed by atoms with Gasteiger partial charge in [0.2, 0.25) is 5.91 Å². The van der Waals surface area contributed by atoms with Gasteiger partial charge < -0.3 is 15.4 Å². The molecule has 4 nitrogen and oxygen atoms in total. The molecule has 2 N–H and O–H groups in total. The maximum absolute atomic E-state index is 11.6. The van der Waals surface area contributed by atoms with E-state index in [1.807, 2.05) is 0 Å². The summed E-state index contributed by atoms with van der Waals surface area (Å²) in [7, 11) is 0. The minimum atomic E-state index is 0.0583. The van der Waals surface area contributed by atoms with Gasteiger partial charge in [0.05, 0.1) is 18.7 Å². The number of rotatable bonds is 6. The lowest BCUT2D eigenvalue weighted by Gasteiger charge is -2.19. The highest BCUT2D eigenvalue weighted by Gasteiger charge is 2.41. The fourth-order valence-electron chi connectivity index (χ4n) is 2.20. The summed E-state index contributed by atoms with van der Waals surface area (Å²) in [5.41, 5.74) is 0. The van der Waals surface area contributed by atoms with Crippen LogP contribution in [0.15, 0.2) is 12.7 Å². The molecule has 0 aromatic rings. The molecular weight excluding hydrogens is 204 g/mol. The molecule has 1 amide bonds. The first-order valence-electron chi connectivity index (χ1n) is 6.04. The molecule has 2 unspecified atom stereocenters. The summed E-state index contributed by atoms with van der Waals surface area (Å²) in [5, 5.41) is 6.05. The van der Waals surface area contributed by atoms with Crippen LogP contribution < -0.4 is 10.6 Å². The molecule has 0 aromatic heterocycles. The van der Waals surface area contributed by atoms with Crippen molar-refractivity contribution >= 4 is 5.91 Å². The van der Waals surface area contributed by atoms with E-state index in [0.29, 0.717) is 19.0 Å². The van der Waals surface area contributed by atoms with Crippen molar-refractivity contribution < 1.29 is 9.53 Å². The Morgan fingerprint density at radius 2 is 2.25 bits per heavy atom. The normalized spacial score (nSPS) is 29.0. The highest BCUT2D eigenvalue weighted by molar-refractivity contribution is 5.78. The summed E-state index contributed by atoms with van der Waals surface area (Å²) in [6, 6.07) is 0.227. The second-order valence-corrected chi connectivity index (χ2v) is 4.56. The standard InChI is InChI=1S/C12H20N2O2/c1-2-6-13-8-11(15)14-10-5-7-16-12(10)9-3-4-9/h2,9-10,12-13H,1,3-8H2,(H,14,15). The number of carbonyl (C=O) groups is 1. The smallest absolute Gasteiger partial charge is 0.234 e. The predicted octanol–water partition coefficient (Wildman–Crippen LogP) is 0.446. The minimum Gasteiger partial charge on any atom is -0.376 e. The third-order valence-corrected chi connectivity index (χ3v) is 3.14. The van der Waals surface area contributed by atoms with Crippen LogP contribution in [0.5, 0.6) is 0 Å². The Kier molecular flexibility index (Phi) is 3.96. The van der Waals surface area contributed by atoms with Crippen molar-refractivity contribution in [2.45, 2.75) is 31.4 Å². The predicted molar refractivity (Wildman–Crippen MR) is 62.1 cm³/mol. The van der Waals surface area contributed by atoms with Gasteiger partial charge in [-0.3, -0.25) is 4.79 Å². The van der Waals surface area contributed by atoms with Crippen LogP contribution in [-0.4, -0.2) is 37.7 Å². The second kappa shape index (κ2) is 5.46. The van der Waals surface area contributed by atoms with Crippen LogP contribution in [0.25, 0.3) is 0 Å². The van der Waals surface area contributed by atoms with E-state index in [1.54, 1.807) is 6.08 Å². The summed E-state index contributed by atoms with van der Waals surface area (Å²) >= 11 is 0. The zero-order valence-corrected chi connectivity index (χ0v) is 9.58. The maximum atomic E-state index is 11.6. The maximum Gasteiger partial charge on any atom is 0.234 e. The Morgan fingerprint density at radius 1 is 1.44 bits per heavy atom. The van der Waals surface area contributed by atoms with Gasteiger partial charge in [0.1, 0.15) is 0 Å². The third kappa shape index (κ3) is 3.06. The Hall–Kier alpha value is -0.870. The number of hydrogen-bond acceptors (Lipinski definition) is 3. The van der Waals surface area contributed by atoms with Crippen molar-refractivity contribution in [2.75, 3.05) is 19.7 Å². The van der Waals surface area contributed by atoms with Crippen molar-refractivity contribution in [1.82, 2.24) is 10.6 Å². The quantitative estimate of drug-likeness (QED) is 0.508. The number of carbonyl (C=O) groups excluding carboxylic acids is 1.